The van der Waals surface area contributed by atoms with Gasteiger partial charge in [-0.05, 0) is 50.4 Å². The normalized spacial score (nSPS) is 35.7. The van der Waals surface area contributed by atoms with Crippen molar-refractivity contribution in [1.29, 1.82) is 0 Å². The summed E-state index contributed by atoms with van der Waals surface area (Å²) in [5, 5.41) is 0. The highest BCUT2D eigenvalue weighted by atomic mass is 16.2. The van der Waals surface area contributed by atoms with Gasteiger partial charge < -0.3 is 9.80 Å². The molecule has 2 heterocycles. The Hall–Kier alpha value is -1.06. The molecular formula is C19H32N2O2. The largest absolute Gasteiger partial charge is 0.342 e. The summed E-state index contributed by atoms with van der Waals surface area (Å²) in [5.74, 6) is 1.81. The average molecular weight is 320 g/mol. The maximum Gasteiger partial charge on any atom is 0.228 e. The van der Waals surface area contributed by atoms with Crippen LogP contribution in [0.4, 0.5) is 0 Å². The van der Waals surface area contributed by atoms with Crippen LogP contribution in [0.25, 0.3) is 0 Å². The molecule has 4 heteroatoms. The van der Waals surface area contributed by atoms with E-state index in [1.165, 1.54) is 19.3 Å². The zero-order valence-electron chi connectivity index (χ0n) is 14.8. The molecule has 130 valence electrons. The molecule has 0 spiro atoms. The Morgan fingerprint density at radius 1 is 1.13 bits per heavy atom. The monoisotopic (exact) mass is 320 g/mol. The summed E-state index contributed by atoms with van der Waals surface area (Å²) in [4.78, 5) is 29.3. The second-order valence-electron chi connectivity index (χ2n) is 8.06. The van der Waals surface area contributed by atoms with Crippen LogP contribution in [-0.2, 0) is 9.59 Å². The van der Waals surface area contributed by atoms with E-state index >= 15 is 0 Å². The van der Waals surface area contributed by atoms with Crippen molar-refractivity contribution in [3.63, 3.8) is 0 Å². The number of carbonyl (C=O) groups excluding carboxylic acids is 2. The molecule has 2 saturated heterocycles. The van der Waals surface area contributed by atoms with Gasteiger partial charge in [-0.15, -0.1) is 0 Å². The molecule has 0 aromatic carbocycles. The van der Waals surface area contributed by atoms with Crippen LogP contribution in [0.1, 0.15) is 65.2 Å². The molecule has 4 nitrogen and oxygen atoms in total. The third-order valence-electron chi connectivity index (χ3n) is 6.34. The summed E-state index contributed by atoms with van der Waals surface area (Å²) in [6, 6.07) is 0.390. The Morgan fingerprint density at radius 3 is 2.57 bits per heavy atom. The lowest BCUT2D eigenvalue weighted by atomic mass is 9.86. The predicted molar refractivity (Wildman–Crippen MR) is 90.8 cm³/mol. The van der Waals surface area contributed by atoms with Crippen molar-refractivity contribution in [2.45, 2.75) is 71.3 Å². The average Bonchev–Trinajstić information content (AvgIpc) is 2.97. The number of piperidine rings is 1. The molecular weight excluding hydrogens is 288 g/mol. The van der Waals surface area contributed by atoms with E-state index < -0.39 is 0 Å². The molecule has 3 rings (SSSR count). The molecule has 2 aliphatic heterocycles. The van der Waals surface area contributed by atoms with E-state index in [-0.39, 0.29) is 17.7 Å². The fourth-order valence-electron chi connectivity index (χ4n) is 4.66. The molecule has 3 aliphatic rings. The minimum Gasteiger partial charge on any atom is -0.342 e. The number of nitrogens with zero attached hydrogens (tertiary/aromatic N) is 2. The van der Waals surface area contributed by atoms with Gasteiger partial charge in [0, 0.05) is 32.1 Å². The molecule has 1 aliphatic carbocycles. The Kier molecular flexibility index (Phi) is 5.27. The first kappa shape index (κ1) is 16.8. The third kappa shape index (κ3) is 3.72. The molecule has 3 fully saturated rings. The van der Waals surface area contributed by atoms with Gasteiger partial charge in [-0.3, -0.25) is 9.59 Å². The van der Waals surface area contributed by atoms with Crippen molar-refractivity contribution >= 4 is 11.8 Å². The van der Waals surface area contributed by atoms with Crippen molar-refractivity contribution in [3.05, 3.63) is 0 Å². The first-order chi connectivity index (χ1) is 11.1. The van der Waals surface area contributed by atoms with Gasteiger partial charge in [-0.1, -0.05) is 20.3 Å². The Bertz CT molecular complexity index is 443. The second-order valence-corrected chi connectivity index (χ2v) is 8.06. The lowest BCUT2D eigenvalue weighted by Gasteiger charge is -2.35. The van der Waals surface area contributed by atoms with E-state index in [0.717, 1.165) is 44.7 Å². The van der Waals surface area contributed by atoms with Crippen LogP contribution in [-0.4, -0.2) is 47.3 Å². The standard InChI is InChI=1S/C19H32N2O2/c1-3-15-5-4-10-20(12-15)19(23)16-11-18(22)21(13-16)17-8-6-14(2)7-9-17/h14-17H,3-13H2,1-2H3/t14?,15-,16-,17?/m0/s1. The third-order valence-corrected chi connectivity index (χ3v) is 6.34. The van der Waals surface area contributed by atoms with Gasteiger partial charge in [0.1, 0.15) is 0 Å². The number of likely N-dealkylation sites (tertiary alicyclic amines) is 2. The Balaban J connectivity index is 1.57. The zero-order chi connectivity index (χ0) is 16.4. The molecule has 23 heavy (non-hydrogen) atoms. The van der Waals surface area contributed by atoms with Gasteiger partial charge in [0.25, 0.3) is 0 Å². The van der Waals surface area contributed by atoms with Gasteiger partial charge in [0.2, 0.25) is 11.8 Å². The summed E-state index contributed by atoms with van der Waals surface area (Å²) in [6.45, 7) is 6.98. The summed E-state index contributed by atoms with van der Waals surface area (Å²) >= 11 is 0. The molecule has 2 amide bonds. The first-order valence-corrected chi connectivity index (χ1v) is 9.66. The van der Waals surface area contributed by atoms with Gasteiger partial charge >= 0.3 is 0 Å². The Morgan fingerprint density at radius 2 is 1.87 bits per heavy atom. The van der Waals surface area contributed by atoms with Gasteiger partial charge in [0.05, 0.1) is 5.92 Å². The van der Waals surface area contributed by atoms with Crippen LogP contribution < -0.4 is 0 Å². The molecule has 0 aromatic heterocycles. The van der Waals surface area contributed by atoms with Crippen LogP contribution in [0, 0.1) is 17.8 Å². The lowest BCUT2D eigenvalue weighted by molar-refractivity contribution is -0.137. The van der Waals surface area contributed by atoms with E-state index in [0.29, 0.717) is 24.9 Å². The van der Waals surface area contributed by atoms with Gasteiger partial charge in [0.15, 0.2) is 0 Å². The number of carbonyl (C=O) groups is 2. The van der Waals surface area contributed by atoms with Crippen LogP contribution in [0.2, 0.25) is 0 Å². The van der Waals surface area contributed by atoms with Crippen LogP contribution in [0.15, 0.2) is 0 Å². The number of hydrogen-bond acceptors (Lipinski definition) is 2. The maximum atomic E-state index is 12.8. The minimum absolute atomic E-state index is 0.0857. The zero-order valence-corrected chi connectivity index (χ0v) is 14.8. The van der Waals surface area contributed by atoms with Crippen LogP contribution in [0.5, 0.6) is 0 Å². The number of hydrogen-bond donors (Lipinski definition) is 0. The number of amides is 2. The fraction of sp³-hybridized carbons (Fsp3) is 0.895. The van der Waals surface area contributed by atoms with E-state index in [9.17, 15) is 9.59 Å². The molecule has 0 bridgehead atoms. The highest BCUT2D eigenvalue weighted by Gasteiger charge is 2.40. The van der Waals surface area contributed by atoms with Crippen LogP contribution in [0.3, 0.4) is 0 Å². The van der Waals surface area contributed by atoms with E-state index in [4.69, 9.17) is 0 Å². The minimum atomic E-state index is -0.0857. The van der Waals surface area contributed by atoms with Crippen molar-refractivity contribution < 1.29 is 9.59 Å². The first-order valence-electron chi connectivity index (χ1n) is 9.66. The summed E-state index contributed by atoms with van der Waals surface area (Å²) in [7, 11) is 0. The molecule has 2 atom stereocenters. The van der Waals surface area contributed by atoms with E-state index in [2.05, 4.69) is 13.8 Å². The van der Waals surface area contributed by atoms with Gasteiger partial charge in [-0.25, -0.2) is 0 Å². The molecule has 0 N–H and O–H groups in total. The molecule has 0 unspecified atom stereocenters. The predicted octanol–water partition coefficient (Wildman–Crippen LogP) is 3.06. The number of rotatable bonds is 3. The highest BCUT2D eigenvalue weighted by Crippen LogP contribution is 2.32. The quantitative estimate of drug-likeness (QED) is 0.802. The summed E-state index contributed by atoms with van der Waals surface area (Å²) in [5.41, 5.74) is 0. The SMILES string of the molecule is CC[C@H]1CCCN(C(=O)[C@H]2CC(=O)N(C3CCC(C)CC3)C2)C1. The van der Waals surface area contributed by atoms with Crippen molar-refractivity contribution in [2.24, 2.45) is 17.8 Å². The summed E-state index contributed by atoms with van der Waals surface area (Å²) in [6.07, 6.45) is 8.64. The van der Waals surface area contributed by atoms with Crippen molar-refractivity contribution in [3.8, 4) is 0 Å². The van der Waals surface area contributed by atoms with Crippen LogP contribution >= 0.6 is 0 Å². The lowest BCUT2D eigenvalue weighted by Crippen LogP contribution is -2.44. The highest BCUT2D eigenvalue weighted by molar-refractivity contribution is 5.89. The molecule has 1 saturated carbocycles. The fourth-order valence-corrected chi connectivity index (χ4v) is 4.66. The second kappa shape index (κ2) is 7.23. The Labute approximate surface area is 140 Å². The smallest absolute Gasteiger partial charge is 0.228 e. The molecule has 0 aromatic rings. The van der Waals surface area contributed by atoms with E-state index in [1.807, 2.05) is 9.80 Å². The topological polar surface area (TPSA) is 40.6 Å². The molecule has 0 radical (unpaired) electrons. The van der Waals surface area contributed by atoms with Gasteiger partial charge in [-0.2, -0.15) is 0 Å². The summed E-state index contributed by atoms with van der Waals surface area (Å²) < 4.78 is 0. The van der Waals surface area contributed by atoms with Crippen molar-refractivity contribution in [2.75, 3.05) is 19.6 Å². The van der Waals surface area contributed by atoms with Crippen molar-refractivity contribution in [1.82, 2.24) is 9.80 Å². The maximum absolute atomic E-state index is 12.8. The van der Waals surface area contributed by atoms with E-state index in [1.54, 1.807) is 0 Å².